The van der Waals surface area contributed by atoms with E-state index in [9.17, 15) is 13.2 Å². The van der Waals surface area contributed by atoms with E-state index in [0.29, 0.717) is 22.7 Å². The maximum Gasteiger partial charge on any atom is 0.319 e. The van der Waals surface area contributed by atoms with Crippen LogP contribution in [0.15, 0.2) is 47.4 Å². The van der Waals surface area contributed by atoms with Gasteiger partial charge in [0.2, 0.25) is 0 Å². The standard InChI is InChI=1S/C17H17ClN2O3S/c1-11-3-2-4-13(9-11)19-17(21)20-15-7-8-24(22,23)16-6-5-12(18)10-14(15)16/h2-6,9-10,15H,7-8H2,1H3,(H2,19,20,21)/t15-/m1/s1. The Balaban J connectivity index is 1.81. The molecule has 1 aliphatic heterocycles. The molecule has 3 rings (SSSR count). The van der Waals surface area contributed by atoms with Gasteiger partial charge in [0, 0.05) is 10.7 Å². The monoisotopic (exact) mass is 364 g/mol. The molecule has 24 heavy (non-hydrogen) atoms. The Bertz CT molecular complexity index is 896. The smallest absolute Gasteiger partial charge is 0.319 e. The average molecular weight is 365 g/mol. The molecular weight excluding hydrogens is 348 g/mol. The molecule has 2 aromatic rings. The Morgan fingerprint density at radius 1 is 1.21 bits per heavy atom. The van der Waals surface area contributed by atoms with Gasteiger partial charge in [0.1, 0.15) is 0 Å². The molecule has 0 aliphatic carbocycles. The molecule has 0 radical (unpaired) electrons. The SMILES string of the molecule is Cc1cccc(NC(=O)N[C@@H]2CCS(=O)(=O)c3ccc(Cl)cc32)c1. The molecule has 0 saturated carbocycles. The predicted molar refractivity (Wildman–Crippen MR) is 94.2 cm³/mol. The number of carbonyl (C=O) groups is 1. The number of carbonyl (C=O) groups excluding carboxylic acids is 1. The van der Waals surface area contributed by atoms with Crippen LogP contribution in [-0.4, -0.2) is 20.2 Å². The van der Waals surface area contributed by atoms with Crippen molar-refractivity contribution < 1.29 is 13.2 Å². The van der Waals surface area contributed by atoms with Gasteiger partial charge in [-0.15, -0.1) is 0 Å². The van der Waals surface area contributed by atoms with Crippen LogP contribution in [0.2, 0.25) is 5.02 Å². The van der Waals surface area contributed by atoms with Gasteiger partial charge in [-0.25, -0.2) is 13.2 Å². The van der Waals surface area contributed by atoms with E-state index in [-0.39, 0.29) is 16.7 Å². The minimum atomic E-state index is -3.32. The maximum absolute atomic E-state index is 12.2. The summed E-state index contributed by atoms with van der Waals surface area (Å²) in [4.78, 5) is 12.5. The molecule has 0 spiro atoms. The fourth-order valence-electron chi connectivity index (χ4n) is 2.81. The number of sulfone groups is 1. The molecular formula is C17H17ClN2O3S. The quantitative estimate of drug-likeness (QED) is 0.853. The van der Waals surface area contributed by atoms with Crippen molar-refractivity contribution in [3.8, 4) is 0 Å². The molecule has 0 saturated heterocycles. The first-order valence-electron chi connectivity index (χ1n) is 7.51. The molecule has 2 N–H and O–H groups in total. The number of urea groups is 1. The molecule has 7 heteroatoms. The van der Waals surface area contributed by atoms with Crippen LogP contribution in [0.25, 0.3) is 0 Å². The number of amides is 2. The largest absolute Gasteiger partial charge is 0.331 e. The highest BCUT2D eigenvalue weighted by Gasteiger charge is 2.31. The van der Waals surface area contributed by atoms with Gasteiger partial charge in [-0.1, -0.05) is 23.7 Å². The molecule has 0 aromatic heterocycles. The molecule has 1 aliphatic rings. The van der Waals surface area contributed by atoms with Crippen LogP contribution >= 0.6 is 11.6 Å². The fraction of sp³-hybridized carbons (Fsp3) is 0.235. The minimum Gasteiger partial charge on any atom is -0.331 e. The number of halogens is 1. The third-order valence-electron chi connectivity index (χ3n) is 3.94. The fourth-order valence-corrected chi connectivity index (χ4v) is 4.59. The lowest BCUT2D eigenvalue weighted by atomic mass is 10.0. The van der Waals surface area contributed by atoms with E-state index in [0.717, 1.165) is 5.56 Å². The van der Waals surface area contributed by atoms with Crippen molar-refractivity contribution in [3.05, 3.63) is 58.6 Å². The van der Waals surface area contributed by atoms with E-state index in [1.165, 1.54) is 6.07 Å². The van der Waals surface area contributed by atoms with Gasteiger partial charge in [-0.2, -0.15) is 0 Å². The van der Waals surface area contributed by atoms with Gasteiger partial charge >= 0.3 is 6.03 Å². The Morgan fingerprint density at radius 2 is 2.00 bits per heavy atom. The molecule has 2 amide bonds. The minimum absolute atomic E-state index is 0.00295. The second-order valence-electron chi connectivity index (χ2n) is 5.81. The first-order chi connectivity index (χ1) is 11.3. The van der Waals surface area contributed by atoms with E-state index in [1.54, 1.807) is 18.2 Å². The molecule has 1 heterocycles. The molecule has 0 unspecified atom stereocenters. The van der Waals surface area contributed by atoms with Crippen LogP contribution in [-0.2, 0) is 9.84 Å². The van der Waals surface area contributed by atoms with Gasteiger partial charge in [-0.3, -0.25) is 0 Å². The summed E-state index contributed by atoms with van der Waals surface area (Å²) in [6.45, 7) is 1.94. The van der Waals surface area contributed by atoms with Crippen LogP contribution in [0.3, 0.4) is 0 Å². The summed E-state index contributed by atoms with van der Waals surface area (Å²) in [6.07, 6.45) is 0.316. The third-order valence-corrected chi connectivity index (χ3v) is 5.99. The normalized spacial score (nSPS) is 18.5. The van der Waals surface area contributed by atoms with Crippen molar-refractivity contribution in [1.82, 2.24) is 5.32 Å². The molecule has 5 nitrogen and oxygen atoms in total. The average Bonchev–Trinajstić information content (AvgIpc) is 2.50. The van der Waals surface area contributed by atoms with E-state index < -0.39 is 15.9 Å². The number of hydrogen-bond donors (Lipinski definition) is 2. The van der Waals surface area contributed by atoms with Crippen molar-refractivity contribution in [1.29, 1.82) is 0 Å². The Hall–Kier alpha value is -2.05. The summed E-state index contributed by atoms with van der Waals surface area (Å²) in [5, 5.41) is 6.04. The molecule has 1 atom stereocenters. The second-order valence-corrected chi connectivity index (χ2v) is 8.32. The van der Waals surface area contributed by atoms with Crippen LogP contribution in [0.5, 0.6) is 0 Å². The second kappa shape index (κ2) is 6.45. The first-order valence-corrected chi connectivity index (χ1v) is 9.54. The third kappa shape index (κ3) is 3.55. The summed E-state index contributed by atoms with van der Waals surface area (Å²) in [5.41, 5.74) is 2.25. The van der Waals surface area contributed by atoms with Crippen LogP contribution in [0, 0.1) is 6.92 Å². The van der Waals surface area contributed by atoms with Crippen molar-refractivity contribution in [2.24, 2.45) is 0 Å². The highest BCUT2D eigenvalue weighted by Crippen LogP contribution is 2.34. The summed E-state index contributed by atoms with van der Waals surface area (Å²) >= 11 is 6.00. The number of hydrogen-bond acceptors (Lipinski definition) is 3. The number of nitrogens with one attached hydrogen (secondary N) is 2. The summed E-state index contributed by atoms with van der Waals surface area (Å²) in [6, 6.07) is 11.3. The van der Waals surface area contributed by atoms with Crippen molar-refractivity contribution >= 4 is 33.2 Å². The maximum atomic E-state index is 12.2. The predicted octanol–water partition coefficient (Wildman–Crippen LogP) is 3.69. The molecule has 2 aromatic carbocycles. The number of anilines is 1. The Labute approximate surface area is 145 Å². The number of aryl methyl sites for hydroxylation is 1. The number of rotatable bonds is 2. The zero-order valence-electron chi connectivity index (χ0n) is 13.0. The zero-order valence-corrected chi connectivity index (χ0v) is 14.6. The van der Waals surface area contributed by atoms with Crippen molar-refractivity contribution in [2.75, 3.05) is 11.1 Å². The summed E-state index contributed by atoms with van der Waals surface area (Å²) in [7, 11) is -3.32. The lowest BCUT2D eigenvalue weighted by molar-refractivity contribution is 0.248. The molecule has 0 fully saturated rings. The van der Waals surface area contributed by atoms with Crippen molar-refractivity contribution in [2.45, 2.75) is 24.3 Å². The van der Waals surface area contributed by atoms with E-state index in [1.807, 2.05) is 25.1 Å². The van der Waals surface area contributed by atoms with Crippen LogP contribution < -0.4 is 10.6 Å². The highest BCUT2D eigenvalue weighted by molar-refractivity contribution is 7.91. The zero-order chi connectivity index (χ0) is 17.3. The lowest BCUT2D eigenvalue weighted by Crippen LogP contribution is -2.36. The first kappa shape index (κ1) is 16.8. The van der Waals surface area contributed by atoms with Crippen LogP contribution in [0.4, 0.5) is 10.5 Å². The molecule has 0 bridgehead atoms. The van der Waals surface area contributed by atoms with Crippen molar-refractivity contribution in [3.63, 3.8) is 0 Å². The van der Waals surface area contributed by atoms with Gasteiger partial charge in [0.25, 0.3) is 0 Å². The summed E-state index contributed by atoms with van der Waals surface area (Å²) in [5.74, 6) is -0.00295. The summed E-state index contributed by atoms with van der Waals surface area (Å²) < 4.78 is 24.3. The lowest BCUT2D eigenvalue weighted by Gasteiger charge is -2.26. The molecule has 126 valence electrons. The topological polar surface area (TPSA) is 75.3 Å². The number of benzene rings is 2. The van der Waals surface area contributed by atoms with Crippen LogP contribution in [0.1, 0.15) is 23.6 Å². The van der Waals surface area contributed by atoms with Gasteiger partial charge in [-0.05, 0) is 54.8 Å². The van der Waals surface area contributed by atoms with E-state index >= 15 is 0 Å². The van der Waals surface area contributed by atoms with Gasteiger partial charge < -0.3 is 10.6 Å². The van der Waals surface area contributed by atoms with E-state index in [2.05, 4.69) is 10.6 Å². The highest BCUT2D eigenvalue weighted by atomic mass is 35.5. The van der Waals surface area contributed by atoms with Gasteiger partial charge in [0.05, 0.1) is 16.7 Å². The Morgan fingerprint density at radius 3 is 2.75 bits per heavy atom. The van der Waals surface area contributed by atoms with Gasteiger partial charge in [0.15, 0.2) is 9.84 Å². The van der Waals surface area contributed by atoms with E-state index in [4.69, 9.17) is 11.6 Å². The number of fused-ring (bicyclic) bond motifs is 1. The Kier molecular flexibility index (Phi) is 4.51.